The van der Waals surface area contributed by atoms with Crippen LogP contribution in [0.25, 0.3) is 11.1 Å². The molecular formula is C20H18O8. The first-order valence-corrected chi connectivity index (χ1v) is 8.08. The van der Waals surface area contributed by atoms with E-state index in [-0.39, 0.29) is 22.6 Å². The smallest absolute Gasteiger partial charge is 0.337 e. The normalized spacial score (nSPS) is 10.0. The lowest BCUT2D eigenvalue weighted by Crippen LogP contribution is -2.08. The summed E-state index contributed by atoms with van der Waals surface area (Å²) in [6.45, 7) is 2.42. The van der Waals surface area contributed by atoms with Crippen molar-refractivity contribution in [1.82, 2.24) is 0 Å². The van der Waals surface area contributed by atoms with Gasteiger partial charge < -0.3 is 18.9 Å². The molecule has 0 atom stereocenters. The maximum atomic E-state index is 11.8. The first-order chi connectivity index (χ1) is 13.3. The fraction of sp³-hybridized carbons (Fsp3) is 0.200. The molecule has 0 heterocycles. The number of benzene rings is 2. The Morgan fingerprint density at radius 1 is 0.643 bits per heavy atom. The summed E-state index contributed by atoms with van der Waals surface area (Å²) >= 11 is 0. The average Bonchev–Trinajstić information content (AvgIpc) is 2.66. The van der Waals surface area contributed by atoms with Crippen molar-refractivity contribution in [3.63, 3.8) is 0 Å². The van der Waals surface area contributed by atoms with Crippen molar-refractivity contribution in [2.75, 3.05) is 14.2 Å². The van der Waals surface area contributed by atoms with Crippen LogP contribution in [0.4, 0.5) is 0 Å². The van der Waals surface area contributed by atoms with Crippen molar-refractivity contribution in [3.05, 3.63) is 47.5 Å². The summed E-state index contributed by atoms with van der Waals surface area (Å²) in [4.78, 5) is 46.6. The molecule has 2 aromatic rings. The molecule has 8 nitrogen and oxygen atoms in total. The number of ether oxygens (including phenoxy) is 4. The van der Waals surface area contributed by atoms with Crippen LogP contribution in [-0.4, -0.2) is 38.1 Å². The minimum absolute atomic E-state index is 0.0645. The Morgan fingerprint density at radius 2 is 1.00 bits per heavy atom. The van der Waals surface area contributed by atoms with E-state index in [4.69, 9.17) is 9.47 Å². The molecule has 0 saturated carbocycles. The molecule has 0 fully saturated rings. The van der Waals surface area contributed by atoms with Crippen LogP contribution in [0.1, 0.15) is 34.6 Å². The standard InChI is InChI=1S/C20H18O8/c1-11(21)27-17-9-13(19(23)25-3)5-7-15(17)16-8-6-14(20(24)26-4)10-18(16)28-12(2)22/h5-10H,1-4H3. The molecule has 0 aromatic heterocycles. The van der Waals surface area contributed by atoms with E-state index in [1.165, 1.54) is 64.5 Å². The number of hydrogen-bond acceptors (Lipinski definition) is 8. The van der Waals surface area contributed by atoms with Gasteiger partial charge in [0.05, 0.1) is 25.3 Å². The van der Waals surface area contributed by atoms with Gasteiger partial charge in [0, 0.05) is 25.0 Å². The molecule has 0 aliphatic heterocycles. The minimum Gasteiger partial charge on any atom is -0.465 e. The number of carbonyl (C=O) groups excluding carboxylic acids is 4. The highest BCUT2D eigenvalue weighted by molar-refractivity contribution is 5.94. The third-order valence-electron chi connectivity index (χ3n) is 3.60. The SMILES string of the molecule is COC(=O)c1ccc(-c2ccc(C(=O)OC)cc2OC(C)=O)c(OC(C)=O)c1. The van der Waals surface area contributed by atoms with E-state index >= 15 is 0 Å². The Labute approximate surface area is 161 Å². The summed E-state index contributed by atoms with van der Waals surface area (Å²) in [6.07, 6.45) is 0. The van der Waals surface area contributed by atoms with Crippen LogP contribution in [-0.2, 0) is 19.1 Å². The Balaban J connectivity index is 2.67. The van der Waals surface area contributed by atoms with E-state index in [1.54, 1.807) is 0 Å². The zero-order valence-electron chi connectivity index (χ0n) is 15.7. The molecule has 146 valence electrons. The third kappa shape index (κ3) is 4.73. The van der Waals surface area contributed by atoms with Gasteiger partial charge in [-0.3, -0.25) is 9.59 Å². The predicted molar refractivity (Wildman–Crippen MR) is 97.2 cm³/mol. The molecule has 0 radical (unpaired) electrons. The van der Waals surface area contributed by atoms with E-state index in [0.29, 0.717) is 11.1 Å². The monoisotopic (exact) mass is 386 g/mol. The Morgan fingerprint density at radius 3 is 1.29 bits per heavy atom. The van der Waals surface area contributed by atoms with Crippen LogP contribution in [0.2, 0.25) is 0 Å². The van der Waals surface area contributed by atoms with Gasteiger partial charge in [0.15, 0.2) is 0 Å². The summed E-state index contributed by atoms with van der Waals surface area (Å²) in [6, 6.07) is 8.66. The maximum Gasteiger partial charge on any atom is 0.337 e. The van der Waals surface area contributed by atoms with Crippen molar-refractivity contribution >= 4 is 23.9 Å². The van der Waals surface area contributed by atoms with Crippen LogP contribution in [0.15, 0.2) is 36.4 Å². The van der Waals surface area contributed by atoms with Gasteiger partial charge in [-0.1, -0.05) is 0 Å². The lowest BCUT2D eigenvalue weighted by atomic mass is 9.99. The molecule has 2 aromatic carbocycles. The van der Waals surface area contributed by atoms with Gasteiger partial charge in [-0.2, -0.15) is 0 Å². The molecule has 0 N–H and O–H groups in total. The van der Waals surface area contributed by atoms with E-state index in [0.717, 1.165) is 0 Å². The van der Waals surface area contributed by atoms with Crippen LogP contribution in [0.5, 0.6) is 11.5 Å². The number of rotatable bonds is 5. The second kappa shape index (κ2) is 8.81. The maximum absolute atomic E-state index is 11.8. The van der Waals surface area contributed by atoms with Crippen LogP contribution < -0.4 is 9.47 Å². The van der Waals surface area contributed by atoms with Gasteiger partial charge in [0.2, 0.25) is 0 Å². The second-order valence-corrected chi connectivity index (χ2v) is 5.59. The van der Waals surface area contributed by atoms with Crippen molar-refractivity contribution in [3.8, 4) is 22.6 Å². The molecule has 0 saturated heterocycles. The summed E-state index contributed by atoms with van der Waals surface area (Å²) in [5, 5.41) is 0. The first kappa shape index (κ1) is 20.6. The molecule has 2 rings (SSSR count). The quantitative estimate of drug-likeness (QED) is 0.571. The number of carbonyl (C=O) groups is 4. The van der Waals surface area contributed by atoms with Crippen molar-refractivity contribution < 1.29 is 38.1 Å². The third-order valence-corrected chi connectivity index (χ3v) is 3.60. The molecule has 0 unspecified atom stereocenters. The zero-order chi connectivity index (χ0) is 20.8. The van der Waals surface area contributed by atoms with E-state index in [1.807, 2.05) is 0 Å². The Hall–Kier alpha value is -3.68. The molecule has 28 heavy (non-hydrogen) atoms. The molecule has 0 amide bonds. The lowest BCUT2D eigenvalue weighted by Gasteiger charge is -2.15. The minimum atomic E-state index is -0.610. The Kier molecular flexibility index (Phi) is 6.49. The molecule has 8 heteroatoms. The highest BCUT2D eigenvalue weighted by Crippen LogP contribution is 2.38. The highest BCUT2D eigenvalue weighted by atomic mass is 16.5. The van der Waals surface area contributed by atoms with Crippen molar-refractivity contribution in [2.24, 2.45) is 0 Å². The lowest BCUT2D eigenvalue weighted by molar-refractivity contribution is -0.132. The molecule has 0 spiro atoms. The largest absolute Gasteiger partial charge is 0.465 e. The Bertz CT molecular complexity index is 868. The zero-order valence-corrected chi connectivity index (χ0v) is 15.7. The molecular weight excluding hydrogens is 368 g/mol. The average molecular weight is 386 g/mol. The predicted octanol–water partition coefficient (Wildman–Crippen LogP) is 2.78. The molecule has 0 bridgehead atoms. The van der Waals surface area contributed by atoms with Crippen molar-refractivity contribution in [1.29, 1.82) is 0 Å². The van der Waals surface area contributed by atoms with Gasteiger partial charge in [-0.05, 0) is 36.4 Å². The molecule has 0 aliphatic rings. The fourth-order valence-corrected chi connectivity index (χ4v) is 2.46. The van der Waals surface area contributed by atoms with Gasteiger partial charge in [0.25, 0.3) is 0 Å². The second-order valence-electron chi connectivity index (χ2n) is 5.59. The summed E-state index contributed by atoms with van der Waals surface area (Å²) in [5.41, 5.74) is 1.08. The topological polar surface area (TPSA) is 105 Å². The number of methoxy groups -OCH3 is 2. The summed E-state index contributed by atoms with van der Waals surface area (Å²) in [5.74, 6) is -2.31. The number of hydrogen-bond donors (Lipinski definition) is 0. The van der Waals surface area contributed by atoms with Crippen LogP contribution in [0, 0.1) is 0 Å². The van der Waals surface area contributed by atoms with E-state index in [2.05, 4.69) is 9.47 Å². The van der Waals surface area contributed by atoms with E-state index in [9.17, 15) is 19.2 Å². The first-order valence-electron chi connectivity index (χ1n) is 8.08. The van der Waals surface area contributed by atoms with Gasteiger partial charge in [-0.25, -0.2) is 9.59 Å². The fourth-order valence-electron chi connectivity index (χ4n) is 2.46. The summed E-state index contributed by atoms with van der Waals surface area (Å²) in [7, 11) is 2.46. The highest BCUT2D eigenvalue weighted by Gasteiger charge is 2.19. The van der Waals surface area contributed by atoms with E-state index < -0.39 is 23.9 Å². The molecule has 0 aliphatic carbocycles. The summed E-state index contributed by atoms with van der Waals surface area (Å²) < 4.78 is 19.8. The van der Waals surface area contributed by atoms with Gasteiger partial charge in [-0.15, -0.1) is 0 Å². The van der Waals surface area contributed by atoms with Gasteiger partial charge in [0.1, 0.15) is 11.5 Å². The van der Waals surface area contributed by atoms with Crippen LogP contribution in [0.3, 0.4) is 0 Å². The van der Waals surface area contributed by atoms with Crippen molar-refractivity contribution in [2.45, 2.75) is 13.8 Å². The number of esters is 4. The van der Waals surface area contributed by atoms with Crippen LogP contribution >= 0.6 is 0 Å². The van der Waals surface area contributed by atoms with Gasteiger partial charge >= 0.3 is 23.9 Å².